The van der Waals surface area contributed by atoms with E-state index in [9.17, 15) is 0 Å². The van der Waals surface area contributed by atoms with E-state index in [1.54, 1.807) is 0 Å². The second-order valence-corrected chi connectivity index (χ2v) is 10.4. The third kappa shape index (κ3) is 12.6. The molecule has 2 N–H and O–H groups in total. The van der Waals surface area contributed by atoms with Crippen LogP contribution in [0.4, 0.5) is 0 Å². The molecule has 194 valence electrons. The molecule has 0 amide bonds. The fraction of sp³-hybridized carbons (Fsp3) is 0.840. The van der Waals surface area contributed by atoms with Crippen LogP contribution in [-0.4, -0.2) is 68.4 Å². The number of hydrogen-bond acceptors (Lipinski definition) is 7. The first kappa shape index (κ1) is 28.4. The van der Waals surface area contributed by atoms with E-state index in [1.165, 1.54) is 6.42 Å². The molecule has 2 rings (SSSR count). The van der Waals surface area contributed by atoms with Gasteiger partial charge in [0.1, 0.15) is 0 Å². The van der Waals surface area contributed by atoms with E-state index < -0.39 is 0 Å². The zero-order valence-corrected chi connectivity index (χ0v) is 22.3. The fourth-order valence-corrected chi connectivity index (χ4v) is 3.87. The zero-order chi connectivity index (χ0) is 24.8. The molecule has 9 nitrogen and oxygen atoms in total. The van der Waals surface area contributed by atoms with Gasteiger partial charge in [-0.15, -0.1) is 10.2 Å². The quantitative estimate of drug-likeness (QED) is 0.301. The van der Waals surface area contributed by atoms with E-state index >= 15 is 0 Å². The molecule has 0 saturated heterocycles. The molecule has 0 radical (unpaired) electrons. The summed E-state index contributed by atoms with van der Waals surface area (Å²) in [6.07, 6.45) is 9.51. The summed E-state index contributed by atoms with van der Waals surface area (Å²) in [6, 6.07) is 1.00. The maximum atomic E-state index is 5.66. The molecule has 0 spiro atoms. The van der Waals surface area contributed by atoms with E-state index in [0.29, 0.717) is 30.5 Å². The molecule has 2 aromatic rings. The van der Waals surface area contributed by atoms with Crippen LogP contribution in [-0.2, 0) is 30.7 Å². The Balaban J connectivity index is 1.52. The van der Waals surface area contributed by atoms with Crippen LogP contribution in [0.1, 0.15) is 72.2 Å². The summed E-state index contributed by atoms with van der Waals surface area (Å²) in [4.78, 5) is 0. The van der Waals surface area contributed by atoms with Gasteiger partial charge in [0.25, 0.3) is 0 Å². The maximum absolute atomic E-state index is 5.66. The summed E-state index contributed by atoms with van der Waals surface area (Å²) in [5.74, 6) is 1.20. The Bertz CT molecular complexity index is 773. The lowest BCUT2D eigenvalue weighted by Crippen LogP contribution is -2.28. The molecule has 2 unspecified atom stereocenters. The van der Waals surface area contributed by atoms with Crippen LogP contribution in [0.3, 0.4) is 0 Å². The van der Waals surface area contributed by atoms with Crippen LogP contribution < -0.4 is 10.6 Å². The Hall–Kier alpha value is -1.84. The molecule has 34 heavy (non-hydrogen) atoms. The number of nitrogens with zero attached hydrogens (tertiary/aromatic N) is 6. The molecular weight excluding hydrogens is 428 g/mol. The molecule has 0 saturated carbocycles. The molecule has 0 bridgehead atoms. The van der Waals surface area contributed by atoms with Gasteiger partial charge in [0.2, 0.25) is 0 Å². The highest BCUT2D eigenvalue weighted by molar-refractivity contribution is 4.94. The third-order valence-electron chi connectivity index (χ3n) is 5.76. The lowest BCUT2D eigenvalue weighted by atomic mass is 9.98. The van der Waals surface area contributed by atoms with Crippen molar-refractivity contribution in [3.63, 3.8) is 0 Å². The summed E-state index contributed by atoms with van der Waals surface area (Å²) >= 11 is 0. The van der Waals surface area contributed by atoms with E-state index in [4.69, 9.17) is 4.74 Å². The van der Waals surface area contributed by atoms with Gasteiger partial charge in [0, 0.05) is 37.6 Å². The summed E-state index contributed by atoms with van der Waals surface area (Å²) in [5.41, 5.74) is 2.16. The zero-order valence-electron chi connectivity index (χ0n) is 22.3. The normalized spacial score (nSPS) is 13.8. The Labute approximate surface area is 206 Å². The standard InChI is InChI=1S/C25H48N8O/c1-20(2)16-24-18-32(30-28-24)12-7-10-27-23(6)9-8-22(5)17-25-19-33(31-29-25)13-15-34-14-11-26-21(3)4/h18-23,26-27H,7-17H2,1-6H3. The second-order valence-electron chi connectivity index (χ2n) is 10.4. The van der Waals surface area contributed by atoms with Crippen LogP contribution in [0.15, 0.2) is 12.4 Å². The monoisotopic (exact) mass is 476 g/mol. The lowest BCUT2D eigenvalue weighted by molar-refractivity contribution is 0.124. The van der Waals surface area contributed by atoms with Crippen molar-refractivity contribution in [2.24, 2.45) is 11.8 Å². The van der Waals surface area contributed by atoms with Gasteiger partial charge < -0.3 is 15.4 Å². The van der Waals surface area contributed by atoms with Gasteiger partial charge in [-0.05, 0) is 57.4 Å². The van der Waals surface area contributed by atoms with Gasteiger partial charge in [-0.2, -0.15) is 0 Å². The molecule has 0 aliphatic heterocycles. The van der Waals surface area contributed by atoms with Crippen LogP contribution >= 0.6 is 0 Å². The van der Waals surface area contributed by atoms with Crippen molar-refractivity contribution in [1.29, 1.82) is 0 Å². The number of hydrogen-bond donors (Lipinski definition) is 2. The number of aromatic nitrogens is 6. The first-order chi connectivity index (χ1) is 16.3. The van der Waals surface area contributed by atoms with Crippen LogP contribution in [0, 0.1) is 11.8 Å². The minimum absolute atomic E-state index is 0.496. The Morgan fingerprint density at radius 1 is 0.794 bits per heavy atom. The third-order valence-corrected chi connectivity index (χ3v) is 5.76. The topological polar surface area (TPSA) is 94.7 Å². The molecule has 2 atom stereocenters. The number of aryl methyl sites for hydroxylation is 1. The van der Waals surface area contributed by atoms with Crippen molar-refractivity contribution in [3.8, 4) is 0 Å². The number of ether oxygens (including phenoxy) is 1. The highest BCUT2D eigenvalue weighted by Crippen LogP contribution is 2.13. The number of nitrogens with one attached hydrogen (secondary N) is 2. The molecule has 2 aromatic heterocycles. The molecule has 2 heterocycles. The van der Waals surface area contributed by atoms with Crippen LogP contribution in [0.2, 0.25) is 0 Å². The molecular formula is C25H48N8O. The van der Waals surface area contributed by atoms with Gasteiger partial charge in [-0.25, -0.2) is 4.68 Å². The highest BCUT2D eigenvalue weighted by Gasteiger charge is 2.10. The van der Waals surface area contributed by atoms with Gasteiger partial charge in [0.15, 0.2) is 0 Å². The molecule has 0 aliphatic rings. The minimum atomic E-state index is 0.496. The maximum Gasteiger partial charge on any atom is 0.0829 e. The summed E-state index contributed by atoms with van der Waals surface area (Å²) in [5, 5.41) is 24.1. The Morgan fingerprint density at radius 3 is 2.15 bits per heavy atom. The van der Waals surface area contributed by atoms with Crippen molar-refractivity contribution in [1.82, 2.24) is 40.6 Å². The predicted molar refractivity (Wildman–Crippen MR) is 137 cm³/mol. The van der Waals surface area contributed by atoms with Crippen molar-refractivity contribution < 1.29 is 4.74 Å². The first-order valence-electron chi connectivity index (χ1n) is 13.1. The van der Waals surface area contributed by atoms with Gasteiger partial charge in [-0.1, -0.05) is 45.0 Å². The molecule has 0 aliphatic carbocycles. The van der Waals surface area contributed by atoms with Crippen molar-refractivity contribution in [2.45, 2.75) is 98.8 Å². The second kappa shape index (κ2) is 15.9. The van der Waals surface area contributed by atoms with Crippen LogP contribution in [0.25, 0.3) is 0 Å². The Kier molecular flexibility index (Phi) is 13.3. The summed E-state index contributed by atoms with van der Waals surface area (Å²) in [6.45, 7) is 18.2. The average molecular weight is 477 g/mol. The van der Waals surface area contributed by atoms with E-state index in [1.807, 2.05) is 9.36 Å². The first-order valence-corrected chi connectivity index (χ1v) is 13.1. The van der Waals surface area contributed by atoms with Crippen molar-refractivity contribution >= 4 is 0 Å². The minimum Gasteiger partial charge on any atom is -0.378 e. The highest BCUT2D eigenvalue weighted by atomic mass is 16.5. The molecule has 0 aromatic carbocycles. The smallest absolute Gasteiger partial charge is 0.0829 e. The largest absolute Gasteiger partial charge is 0.378 e. The van der Waals surface area contributed by atoms with Gasteiger partial charge in [-0.3, -0.25) is 4.68 Å². The van der Waals surface area contributed by atoms with Gasteiger partial charge in [0.05, 0.1) is 31.1 Å². The summed E-state index contributed by atoms with van der Waals surface area (Å²) < 4.78 is 9.52. The predicted octanol–water partition coefficient (Wildman–Crippen LogP) is 3.11. The van der Waals surface area contributed by atoms with Gasteiger partial charge >= 0.3 is 0 Å². The number of rotatable bonds is 19. The lowest BCUT2D eigenvalue weighted by Gasteiger charge is -2.16. The SMILES string of the molecule is CC(C)Cc1cn(CCCNC(C)CCC(C)Cc2cn(CCOCCNC(C)C)nn2)nn1. The Morgan fingerprint density at radius 2 is 1.47 bits per heavy atom. The molecule has 9 heteroatoms. The van der Waals surface area contributed by atoms with E-state index in [-0.39, 0.29) is 0 Å². The fourth-order valence-electron chi connectivity index (χ4n) is 3.87. The van der Waals surface area contributed by atoms with E-state index in [2.05, 4.69) is 85.2 Å². The molecule has 0 fully saturated rings. The average Bonchev–Trinajstić information content (AvgIpc) is 3.41. The van der Waals surface area contributed by atoms with Crippen LogP contribution in [0.5, 0.6) is 0 Å². The van der Waals surface area contributed by atoms with Crippen molar-refractivity contribution in [2.75, 3.05) is 26.3 Å². The van der Waals surface area contributed by atoms with Crippen molar-refractivity contribution in [3.05, 3.63) is 23.8 Å². The van der Waals surface area contributed by atoms with E-state index in [0.717, 1.165) is 69.9 Å². The summed E-state index contributed by atoms with van der Waals surface area (Å²) in [7, 11) is 0.